The maximum Gasteiger partial charge on any atom is 0.121 e. The number of hydrogen-bond donors (Lipinski definition) is 1. The van der Waals surface area contributed by atoms with Crippen LogP contribution in [0.2, 0.25) is 5.02 Å². The van der Waals surface area contributed by atoms with Crippen molar-refractivity contribution >= 4 is 33.2 Å². The van der Waals surface area contributed by atoms with Crippen LogP contribution in [0.1, 0.15) is 18.5 Å². The number of ether oxygens (including phenoxy) is 1. The minimum atomic E-state index is 0.181. The average molecular weight is 341 g/mol. The summed E-state index contributed by atoms with van der Waals surface area (Å²) in [5, 5.41) is 4.20. The molecule has 0 heterocycles. The zero-order chi connectivity index (χ0) is 13.8. The van der Waals surface area contributed by atoms with E-state index in [0.29, 0.717) is 0 Å². The predicted molar refractivity (Wildman–Crippen MR) is 84.2 cm³/mol. The lowest BCUT2D eigenvalue weighted by atomic mass is 10.1. The zero-order valence-corrected chi connectivity index (χ0v) is 13.1. The van der Waals surface area contributed by atoms with Gasteiger partial charge in [-0.1, -0.05) is 23.7 Å². The van der Waals surface area contributed by atoms with Crippen molar-refractivity contribution in [3.05, 3.63) is 57.5 Å². The molecule has 0 fully saturated rings. The molecule has 19 heavy (non-hydrogen) atoms. The van der Waals surface area contributed by atoms with E-state index in [1.165, 1.54) is 5.56 Å². The Labute approximate surface area is 126 Å². The van der Waals surface area contributed by atoms with Crippen LogP contribution in [0.25, 0.3) is 0 Å². The maximum absolute atomic E-state index is 5.90. The van der Waals surface area contributed by atoms with E-state index in [9.17, 15) is 0 Å². The first-order valence-corrected chi connectivity index (χ1v) is 7.13. The molecule has 2 aromatic rings. The molecule has 0 spiro atoms. The van der Waals surface area contributed by atoms with Crippen LogP contribution >= 0.6 is 27.5 Å². The molecule has 0 amide bonds. The first-order chi connectivity index (χ1) is 9.10. The molecule has 0 aliphatic heterocycles. The molecule has 1 atom stereocenters. The van der Waals surface area contributed by atoms with Crippen LogP contribution in [0.5, 0.6) is 5.75 Å². The molecule has 0 bridgehead atoms. The summed E-state index contributed by atoms with van der Waals surface area (Å²) in [5.74, 6) is 0.828. The number of rotatable bonds is 4. The molecule has 0 aliphatic carbocycles. The average Bonchev–Trinajstić information content (AvgIpc) is 2.42. The first kappa shape index (κ1) is 14.2. The predicted octanol–water partition coefficient (Wildman–Crippen LogP) is 5.28. The lowest BCUT2D eigenvalue weighted by Crippen LogP contribution is -2.07. The Morgan fingerprint density at radius 1 is 1.16 bits per heavy atom. The van der Waals surface area contributed by atoms with Gasteiger partial charge in [0.25, 0.3) is 0 Å². The molecule has 2 rings (SSSR count). The highest BCUT2D eigenvalue weighted by Gasteiger charge is 2.08. The second kappa shape index (κ2) is 6.31. The van der Waals surface area contributed by atoms with E-state index in [0.717, 1.165) is 20.9 Å². The SMILES string of the molecule is COc1ccc(Br)c(NC(C)c2ccc(Cl)cc2)c1. The minimum Gasteiger partial charge on any atom is -0.497 e. The summed E-state index contributed by atoms with van der Waals surface area (Å²) >= 11 is 9.43. The van der Waals surface area contributed by atoms with Gasteiger partial charge >= 0.3 is 0 Å². The highest BCUT2D eigenvalue weighted by atomic mass is 79.9. The van der Waals surface area contributed by atoms with Crippen molar-refractivity contribution < 1.29 is 4.74 Å². The van der Waals surface area contributed by atoms with E-state index >= 15 is 0 Å². The molecule has 2 aromatic carbocycles. The third kappa shape index (κ3) is 3.64. The van der Waals surface area contributed by atoms with Gasteiger partial charge in [0.15, 0.2) is 0 Å². The Bertz CT molecular complexity index is 557. The fourth-order valence-corrected chi connectivity index (χ4v) is 2.30. The Morgan fingerprint density at radius 3 is 2.47 bits per heavy atom. The number of hydrogen-bond acceptors (Lipinski definition) is 2. The normalized spacial score (nSPS) is 12.0. The van der Waals surface area contributed by atoms with Crippen molar-refractivity contribution in [2.24, 2.45) is 0 Å². The van der Waals surface area contributed by atoms with Gasteiger partial charge in [0.1, 0.15) is 5.75 Å². The topological polar surface area (TPSA) is 21.3 Å². The monoisotopic (exact) mass is 339 g/mol. The molecule has 0 saturated heterocycles. The van der Waals surface area contributed by atoms with Crippen LogP contribution in [0.15, 0.2) is 46.9 Å². The summed E-state index contributed by atoms with van der Waals surface area (Å²) in [7, 11) is 1.66. The lowest BCUT2D eigenvalue weighted by molar-refractivity contribution is 0.415. The summed E-state index contributed by atoms with van der Waals surface area (Å²) in [5.41, 5.74) is 2.18. The molecular weight excluding hydrogens is 326 g/mol. The quantitative estimate of drug-likeness (QED) is 0.817. The van der Waals surface area contributed by atoms with Crippen LogP contribution in [0, 0.1) is 0 Å². The first-order valence-electron chi connectivity index (χ1n) is 5.95. The van der Waals surface area contributed by atoms with E-state index in [4.69, 9.17) is 16.3 Å². The van der Waals surface area contributed by atoms with Gasteiger partial charge in [0.2, 0.25) is 0 Å². The largest absolute Gasteiger partial charge is 0.497 e. The van der Waals surface area contributed by atoms with Crippen molar-refractivity contribution in [3.63, 3.8) is 0 Å². The fourth-order valence-electron chi connectivity index (χ4n) is 1.81. The van der Waals surface area contributed by atoms with Crippen LogP contribution in [0.3, 0.4) is 0 Å². The molecule has 1 N–H and O–H groups in total. The standard InChI is InChI=1S/C15H15BrClNO/c1-10(11-3-5-12(17)6-4-11)18-15-9-13(19-2)7-8-14(15)16/h3-10,18H,1-2H3. The molecule has 0 radical (unpaired) electrons. The number of benzene rings is 2. The van der Waals surface area contributed by atoms with Gasteiger partial charge in [-0.3, -0.25) is 0 Å². The molecular formula is C15H15BrClNO. The lowest BCUT2D eigenvalue weighted by Gasteiger charge is -2.17. The van der Waals surface area contributed by atoms with E-state index < -0.39 is 0 Å². The Balaban J connectivity index is 2.18. The zero-order valence-electron chi connectivity index (χ0n) is 10.8. The summed E-state index contributed by atoms with van der Waals surface area (Å²) in [6, 6.07) is 13.9. The van der Waals surface area contributed by atoms with Gasteiger partial charge in [-0.15, -0.1) is 0 Å². The van der Waals surface area contributed by atoms with Crippen molar-refractivity contribution in [3.8, 4) is 5.75 Å². The van der Waals surface area contributed by atoms with Gasteiger partial charge in [-0.2, -0.15) is 0 Å². The number of nitrogens with one attached hydrogen (secondary N) is 1. The molecule has 2 nitrogen and oxygen atoms in total. The molecule has 0 aromatic heterocycles. The Hall–Kier alpha value is -1.19. The number of anilines is 1. The Morgan fingerprint density at radius 2 is 1.84 bits per heavy atom. The molecule has 1 unspecified atom stereocenters. The van der Waals surface area contributed by atoms with Crippen molar-refractivity contribution in [2.75, 3.05) is 12.4 Å². The Kier molecular flexibility index (Phi) is 4.72. The van der Waals surface area contributed by atoms with Gasteiger partial charge in [-0.25, -0.2) is 0 Å². The molecule has 100 valence electrons. The van der Waals surface area contributed by atoms with Gasteiger partial charge in [-0.05, 0) is 52.7 Å². The van der Waals surface area contributed by atoms with Crippen molar-refractivity contribution in [2.45, 2.75) is 13.0 Å². The smallest absolute Gasteiger partial charge is 0.121 e. The van der Waals surface area contributed by atoms with Crippen LogP contribution in [0.4, 0.5) is 5.69 Å². The molecule has 0 saturated carbocycles. The summed E-state index contributed by atoms with van der Waals surface area (Å²) in [6.07, 6.45) is 0. The van der Waals surface area contributed by atoms with Gasteiger partial charge < -0.3 is 10.1 Å². The fraction of sp³-hybridized carbons (Fsp3) is 0.200. The highest BCUT2D eigenvalue weighted by Crippen LogP contribution is 2.30. The van der Waals surface area contributed by atoms with Crippen molar-refractivity contribution in [1.82, 2.24) is 0 Å². The van der Waals surface area contributed by atoms with Crippen LogP contribution in [-0.4, -0.2) is 7.11 Å². The molecule has 4 heteroatoms. The van der Waals surface area contributed by atoms with Crippen LogP contribution in [-0.2, 0) is 0 Å². The van der Waals surface area contributed by atoms with E-state index in [-0.39, 0.29) is 6.04 Å². The third-order valence-electron chi connectivity index (χ3n) is 2.92. The summed E-state index contributed by atoms with van der Waals surface area (Å²) < 4.78 is 6.24. The van der Waals surface area contributed by atoms with Gasteiger partial charge in [0.05, 0.1) is 12.8 Å². The van der Waals surface area contributed by atoms with Crippen LogP contribution < -0.4 is 10.1 Å². The summed E-state index contributed by atoms with van der Waals surface area (Å²) in [6.45, 7) is 2.11. The maximum atomic E-state index is 5.90. The van der Waals surface area contributed by atoms with E-state index in [1.54, 1.807) is 7.11 Å². The molecule has 0 aliphatic rings. The minimum absolute atomic E-state index is 0.181. The highest BCUT2D eigenvalue weighted by molar-refractivity contribution is 9.10. The van der Waals surface area contributed by atoms with E-state index in [1.807, 2.05) is 42.5 Å². The number of halogens is 2. The second-order valence-corrected chi connectivity index (χ2v) is 5.55. The third-order valence-corrected chi connectivity index (χ3v) is 3.86. The number of methoxy groups -OCH3 is 1. The second-order valence-electron chi connectivity index (χ2n) is 4.26. The van der Waals surface area contributed by atoms with E-state index in [2.05, 4.69) is 28.2 Å². The van der Waals surface area contributed by atoms with Gasteiger partial charge in [0, 0.05) is 21.6 Å². The van der Waals surface area contributed by atoms with Crippen molar-refractivity contribution in [1.29, 1.82) is 0 Å². The summed E-state index contributed by atoms with van der Waals surface area (Å²) in [4.78, 5) is 0.